The van der Waals surface area contributed by atoms with Crippen LogP contribution in [0.4, 0.5) is 0 Å². The van der Waals surface area contributed by atoms with Crippen molar-refractivity contribution in [1.29, 1.82) is 0 Å². The molecule has 20 heavy (non-hydrogen) atoms. The van der Waals surface area contributed by atoms with E-state index in [-0.39, 0.29) is 30.3 Å². The highest BCUT2D eigenvalue weighted by molar-refractivity contribution is 5.85. The summed E-state index contributed by atoms with van der Waals surface area (Å²) >= 11 is 0. The number of carbonyl (C=O) groups excluding carboxylic acids is 1. The van der Waals surface area contributed by atoms with E-state index >= 15 is 0 Å². The summed E-state index contributed by atoms with van der Waals surface area (Å²) in [6.07, 6.45) is 1.84. The average Bonchev–Trinajstić information content (AvgIpc) is 2.47. The van der Waals surface area contributed by atoms with Crippen LogP contribution in [0.25, 0.3) is 0 Å². The minimum absolute atomic E-state index is 0. The van der Waals surface area contributed by atoms with E-state index in [0.29, 0.717) is 6.54 Å². The van der Waals surface area contributed by atoms with Gasteiger partial charge >= 0.3 is 0 Å². The predicted molar refractivity (Wildman–Crippen MR) is 82.4 cm³/mol. The summed E-state index contributed by atoms with van der Waals surface area (Å²) in [4.78, 5) is 12.0. The number of ether oxygens (including phenoxy) is 1. The Morgan fingerprint density at radius 2 is 2.00 bits per heavy atom. The van der Waals surface area contributed by atoms with Crippen LogP contribution in [0.5, 0.6) is 5.75 Å². The average molecular weight is 299 g/mol. The topological polar surface area (TPSA) is 50.4 Å². The van der Waals surface area contributed by atoms with Crippen molar-refractivity contribution in [2.24, 2.45) is 5.92 Å². The van der Waals surface area contributed by atoms with Crippen LogP contribution in [0.1, 0.15) is 19.8 Å². The zero-order valence-electron chi connectivity index (χ0n) is 11.8. The van der Waals surface area contributed by atoms with E-state index in [0.717, 1.165) is 31.7 Å². The molecule has 0 saturated carbocycles. The summed E-state index contributed by atoms with van der Waals surface area (Å²) in [6, 6.07) is 9.68. The smallest absolute Gasteiger partial charge is 0.223 e. The molecule has 1 amide bonds. The molecule has 112 valence electrons. The summed E-state index contributed by atoms with van der Waals surface area (Å²) in [7, 11) is 0. The van der Waals surface area contributed by atoms with Crippen molar-refractivity contribution in [3.05, 3.63) is 30.3 Å². The lowest BCUT2D eigenvalue weighted by molar-refractivity contribution is -0.126. The Morgan fingerprint density at radius 3 is 2.65 bits per heavy atom. The van der Waals surface area contributed by atoms with Gasteiger partial charge in [-0.2, -0.15) is 0 Å². The van der Waals surface area contributed by atoms with Crippen molar-refractivity contribution >= 4 is 18.3 Å². The zero-order chi connectivity index (χ0) is 13.5. The lowest BCUT2D eigenvalue weighted by Gasteiger charge is -2.23. The molecule has 1 atom stereocenters. The molecule has 2 N–H and O–H groups in total. The van der Waals surface area contributed by atoms with E-state index in [2.05, 4.69) is 10.6 Å². The minimum atomic E-state index is -0.0203. The number of halogens is 1. The van der Waals surface area contributed by atoms with E-state index in [1.807, 2.05) is 37.3 Å². The van der Waals surface area contributed by atoms with Gasteiger partial charge in [0.25, 0.3) is 0 Å². The van der Waals surface area contributed by atoms with Crippen LogP contribution in [-0.2, 0) is 4.79 Å². The van der Waals surface area contributed by atoms with Gasteiger partial charge in [-0.05, 0) is 45.0 Å². The molecular weight excluding hydrogens is 276 g/mol. The third-order valence-corrected chi connectivity index (χ3v) is 3.35. The largest absolute Gasteiger partial charge is 0.489 e. The number of carbonyl (C=O) groups is 1. The Labute approximate surface area is 126 Å². The van der Waals surface area contributed by atoms with Gasteiger partial charge in [0, 0.05) is 5.92 Å². The SMILES string of the molecule is CC(CNC(=O)C1CCNCC1)Oc1ccccc1.Cl. The molecule has 1 aromatic rings. The van der Waals surface area contributed by atoms with Gasteiger partial charge in [-0.1, -0.05) is 18.2 Å². The van der Waals surface area contributed by atoms with Gasteiger partial charge in [-0.15, -0.1) is 12.4 Å². The molecule has 1 fully saturated rings. The van der Waals surface area contributed by atoms with E-state index < -0.39 is 0 Å². The Morgan fingerprint density at radius 1 is 1.35 bits per heavy atom. The lowest BCUT2D eigenvalue weighted by atomic mass is 9.97. The highest BCUT2D eigenvalue weighted by atomic mass is 35.5. The number of para-hydroxylation sites is 1. The van der Waals surface area contributed by atoms with Crippen LogP contribution >= 0.6 is 12.4 Å². The van der Waals surface area contributed by atoms with Crippen molar-refractivity contribution < 1.29 is 9.53 Å². The summed E-state index contributed by atoms with van der Waals surface area (Å²) < 4.78 is 5.72. The van der Waals surface area contributed by atoms with Crippen molar-refractivity contribution in [1.82, 2.24) is 10.6 Å². The molecule has 1 heterocycles. The highest BCUT2D eigenvalue weighted by Crippen LogP contribution is 2.12. The predicted octanol–water partition coefficient (Wildman–Crippen LogP) is 1.99. The summed E-state index contributed by atoms with van der Waals surface area (Å²) in [5.41, 5.74) is 0. The first kappa shape index (κ1) is 16.8. The molecule has 4 nitrogen and oxygen atoms in total. The molecule has 0 aliphatic carbocycles. The third kappa shape index (κ3) is 5.39. The first-order valence-corrected chi connectivity index (χ1v) is 6.96. The maximum atomic E-state index is 12.0. The molecular formula is C15H23ClN2O2. The van der Waals surface area contributed by atoms with Crippen LogP contribution in [0.15, 0.2) is 30.3 Å². The second-order valence-corrected chi connectivity index (χ2v) is 5.01. The normalized spacial score (nSPS) is 16.9. The van der Waals surface area contributed by atoms with Gasteiger partial charge in [-0.3, -0.25) is 4.79 Å². The second kappa shape index (κ2) is 8.82. The van der Waals surface area contributed by atoms with Crippen molar-refractivity contribution in [2.45, 2.75) is 25.9 Å². The molecule has 1 saturated heterocycles. The maximum absolute atomic E-state index is 12.0. The monoisotopic (exact) mass is 298 g/mol. The number of benzene rings is 1. The molecule has 1 aromatic carbocycles. The minimum Gasteiger partial charge on any atom is -0.489 e. The van der Waals surface area contributed by atoms with Crippen LogP contribution in [0.3, 0.4) is 0 Å². The third-order valence-electron chi connectivity index (χ3n) is 3.35. The quantitative estimate of drug-likeness (QED) is 0.874. The summed E-state index contributed by atoms with van der Waals surface area (Å²) in [6.45, 7) is 4.40. The highest BCUT2D eigenvalue weighted by Gasteiger charge is 2.20. The van der Waals surface area contributed by atoms with Gasteiger partial charge in [0.2, 0.25) is 5.91 Å². The summed E-state index contributed by atoms with van der Waals surface area (Å²) in [5.74, 6) is 1.15. The van der Waals surface area contributed by atoms with Gasteiger partial charge in [0.05, 0.1) is 6.54 Å². The Hall–Kier alpha value is -1.26. The van der Waals surface area contributed by atoms with Crippen molar-refractivity contribution in [3.63, 3.8) is 0 Å². The van der Waals surface area contributed by atoms with Crippen LogP contribution < -0.4 is 15.4 Å². The van der Waals surface area contributed by atoms with Gasteiger partial charge < -0.3 is 15.4 Å². The second-order valence-electron chi connectivity index (χ2n) is 5.01. The molecule has 0 radical (unpaired) electrons. The Kier molecular flexibility index (Phi) is 7.41. The fourth-order valence-electron chi connectivity index (χ4n) is 2.25. The number of piperidine rings is 1. The van der Waals surface area contributed by atoms with E-state index in [1.54, 1.807) is 0 Å². The lowest BCUT2D eigenvalue weighted by Crippen LogP contribution is -2.41. The van der Waals surface area contributed by atoms with Crippen LogP contribution in [-0.4, -0.2) is 31.6 Å². The van der Waals surface area contributed by atoms with Crippen LogP contribution in [0, 0.1) is 5.92 Å². The molecule has 2 rings (SSSR count). The molecule has 1 aliphatic rings. The van der Waals surface area contributed by atoms with Crippen molar-refractivity contribution in [2.75, 3.05) is 19.6 Å². The molecule has 1 unspecified atom stereocenters. The molecule has 5 heteroatoms. The van der Waals surface area contributed by atoms with Gasteiger partial charge in [-0.25, -0.2) is 0 Å². The summed E-state index contributed by atoms with van der Waals surface area (Å²) in [5, 5.41) is 6.24. The van der Waals surface area contributed by atoms with Crippen LogP contribution in [0.2, 0.25) is 0 Å². The number of rotatable bonds is 5. The van der Waals surface area contributed by atoms with E-state index in [4.69, 9.17) is 4.74 Å². The first-order chi connectivity index (χ1) is 9.25. The van der Waals surface area contributed by atoms with Crippen molar-refractivity contribution in [3.8, 4) is 5.75 Å². The molecule has 0 aromatic heterocycles. The van der Waals surface area contributed by atoms with Gasteiger partial charge in [0.1, 0.15) is 11.9 Å². The number of amides is 1. The Bertz CT molecular complexity index is 394. The van der Waals surface area contributed by atoms with E-state index in [9.17, 15) is 4.79 Å². The molecule has 1 aliphatic heterocycles. The number of nitrogens with one attached hydrogen (secondary N) is 2. The van der Waals surface area contributed by atoms with E-state index in [1.165, 1.54) is 0 Å². The number of hydrogen-bond donors (Lipinski definition) is 2. The fourth-order valence-corrected chi connectivity index (χ4v) is 2.25. The fraction of sp³-hybridized carbons (Fsp3) is 0.533. The molecule has 0 bridgehead atoms. The standard InChI is InChI=1S/C15H22N2O2.ClH/c1-12(19-14-5-3-2-4-6-14)11-17-15(18)13-7-9-16-10-8-13;/h2-6,12-13,16H,7-11H2,1H3,(H,17,18);1H. The first-order valence-electron chi connectivity index (χ1n) is 6.96. The Balaban J connectivity index is 0.00000200. The van der Waals surface area contributed by atoms with Gasteiger partial charge in [0.15, 0.2) is 0 Å². The maximum Gasteiger partial charge on any atom is 0.223 e. The molecule has 0 spiro atoms. The zero-order valence-corrected chi connectivity index (χ0v) is 12.6. The number of hydrogen-bond acceptors (Lipinski definition) is 3.